The summed E-state index contributed by atoms with van der Waals surface area (Å²) in [5.41, 5.74) is 17.7. The lowest BCUT2D eigenvalue weighted by atomic mass is 9.34. The first-order valence-corrected chi connectivity index (χ1v) is 22.5. The maximum Gasteiger partial charge on any atom is 0.265 e. The second-order valence-electron chi connectivity index (χ2n) is 21.5. The molecule has 0 unspecified atom stereocenters. The molecule has 2 aliphatic heterocycles. The fourth-order valence-electron chi connectivity index (χ4n) is 12.3. The Morgan fingerprint density at radius 2 is 0.914 bits per heavy atom. The van der Waals surface area contributed by atoms with E-state index in [1.165, 1.54) is 103 Å². The van der Waals surface area contributed by atoms with E-state index in [0.717, 1.165) is 68.3 Å². The largest absolute Gasteiger partial charge is 0.440 e. The first-order valence-electron chi connectivity index (χ1n) is 22.5. The summed E-state index contributed by atoms with van der Waals surface area (Å²) in [6.45, 7) is 19.2. The van der Waals surface area contributed by atoms with E-state index >= 15 is 0 Å². The average Bonchev–Trinajstić information content (AvgIpc) is 3.56. The van der Waals surface area contributed by atoms with Crippen molar-refractivity contribution in [2.45, 2.75) is 154 Å². The molecule has 4 aliphatic carbocycles. The van der Waals surface area contributed by atoms with Crippen LogP contribution in [0, 0.1) is 0 Å². The van der Waals surface area contributed by atoms with Gasteiger partial charge in [0.2, 0.25) is 17.7 Å². The van der Waals surface area contributed by atoms with E-state index < -0.39 is 0 Å². The van der Waals surface area contributed by atoms with Crippen LogP contribution in [0.3, 0.4) is 0 Å². The minimum Gasteiger partial charge on any atom is -0.440 e. The molecule has 0 saturated carbocycles. The van der Waals surface area contributed by atoms with E-state index in [1.807, 2.05) is 0 Å². The number of hydrogen-bond donors (Lipinski definition) is 0. The molecule has 5 nitrogen and oxygen atoms in total. The zero-order valence-corrected chi connectivity index (χ0v) is 35.8. The molecule has 0 saturated heterocycles. The van der Waals surface area contributed by atoms with Gasteiger partial charge in [0, 0.05) is 10.8 Å². The van der Waals surface area contributed by atoms with Crippen LogP contribution in [0.5, 0.6) is 23.3 Å². The van der Waals surface area contributed by atoms with E-state index in [-0.39, 0.29) is 28.4 Å². The van der Waals surface area contributed by atoms with Gasteiger partial charge in [-0.05, 0) is 166 Å². The van der Waals surface area contributed by atoms with E-state index in [0.29, 0.717) is 17.7 Å². The summed E-state index contributed by atoms with van der Waals surface area (Å²) in [5.74, 6) is 3.80. The smallest absolute Gasteiger partial charge is 0.265 e. The normalized spacial score (nSPS) is 21.1. The predicted octanol–water partition coefficient (Wildman–Crippen LogP) is 10.8. The van der Waals surface area contributed by atoms with Crippen LogP contribution >= 0.6 is 0 Å². The highest BCUT2D eigenvalue weighted by atomic mass is 16.5. The van der Waals surface area contributed by atoms with Crippen molar-refractivity contribution in [1.82, 2.24) is 14.5 Å². The van der Waals surface area contributed by atoms with Gasteiger partial charge in [0.15, 0.2) is 0 Å². The summed E-state index contributed by atoms with van der Waals surface area (Å²) >= 11 is 0. The van der Waals surface area contributed by atoms with E-state index in [1.54, 1.807) is 0 Å². The van der Waals surface area contributed by atoms with Crippen LogP contribution in [-0.2, 0) is 47.3 Å². The molecule has 6 heteroatoms. The molecule has 0 atom stereocenters. The zero-order valence-electron chi connectivity index (χ0n) is 35.8. The Bertz CT molecular complexity index is 2640. The minimum atomic E-state index is -0.0949. The lowest BCUT2D eigenvalue weighted by Crippen LogP contribution is -2.59. The monoisotopic (exact) mass is 765 g/mol. The van der Waals surface area contributed by atoms with Crippen molar-refractivity contribution in [3.63, 3.8) is 0 Å². The second kappa shape index (κ2) is 11.6. The Morgan fingerprint density at radius 3 is 1.34 bits per heavy atom. The van der Waals surface area contributed by atoms with Gasteiger partial charge in [-0.2, -0.15) is 9.97 Å². The van der Waals surface area contributed by atoms with Gasteiger partial charge in [0.05, 0.1) is 16.5 Å². The number of aryl methyl sites for hydroxylation is 4. The second-order valence-corrected chi connectivity index (χ2v) is 21.5. The summed E-state index contributed by atoms with van der Waals surface area (Å²) in [6.07, 6.45) is 13.9. The highest BCUT2D eigenvalue weighted by molar-refractivity contribution is 6.98. The highest BCUT2D eigenvalue weighted by Crippen LogP contribution is 2.50. The van der Waals surface area contributed by atoms with Crippen molar-refractivity contribution < 1.29 is 9.47 Å². The third-order valence-electron chi connectivity index (χ3n) is 16.1. The standard InChI is InChI=1S/C52H56BN3O2/c1-49(2)21-23-51(5,6)37-27-41-39(25-35(37)49)53-40-26-36-38(52(7,8)24-22-50(36,3)4)28-42(40)58-47-43(53)46(57-41)54-48(55-47)56-44-31-15-11-9-13-29(31)17-19-33(44)34-20-18-30-14-10-12-16-32(30)45(34)56/h17-20,25-28H,9-16,21-24H2,1-8H3. The van der Waals surface area contributed by atoms with Gasteiger partial charge < -0.3 is 9.47 Å². The fraction of sp³-hybridized carbons (Fsp3) is 0.462. The third kappa shape index (κ3) is 4.78. The number of hydrogen-bond acceptors (Lipinski definition) is 4. The van der Waals surface area contributed by atoms with Gasteiger partial charge in [-0.1, -0.05) is 91.8 Å². The molecule has 6 aliphatic rings. The summed E-state index contributed by atoms with van der Waals surface area (Å²) in [6, 6.07) is 19.4. The van der Waals surface area contributed by atoms with E-state index in [4.69, 9.17) is 19.4 Å². The molecule has 0 amide bonds. The first kappa shape index (κ1) is 35.4. The molecule has 0 fully saturated rings. The molecule has 6 aromatic rings. The topological polar surface area (TPSA) is 49.2 Å². The SMILES string of the molecule is CC1(C)CCC(C)(C)c2cc3c(cc21)Oc1nc(-n2c4c5c(ccc4c4ccc6c(c42)CCCC6)CCCC5)nc2c1B3c1cc3c(cc1O2)C(C)(C)CCC3(C)C. The summed E-state index contributed by atoms with van der Waals surface area (Å²) in [5, 5.41) is 2.62. The van der Waals surface area contributed by atoms with Crippen molar-refractivity contribution in [3.8, 4) is 29.2 Å². The number of nitrogens with zero attached hydrogens (tertiary/aromatic N) is 3. The third-order valence-corrected chi connectivity index (χ3v) is 16.1. The van der Waals surface area contributed by atoms with E-state index in [9.17, 15) is 0 Å². The Kier molecular flexibility index (Phi) is 7.06. The summed E-state index contributed by atoms with van der Waals surface area (Å²) < 4.78 is 16.8. The molecule has 4 aromatic carbocycles. The molecule has 0 radical (unpaired) electrons. The molecule has 0 N–H and O–H groups in total. The van der Waals surface area contributed by atoms with Crippen LogP contribution in [0.15, 0.2) is 48.5 Å². The van der Waals surface area contributed by atoms with Gasteiger partial charge in [-0.15, -0.1) is 0 Å². The van der Waals surface area contributed by atoms with Crippen molar-refractivity contribution >= 4 is 44.9 Å². The molecule has 12 rings (SSSR count). The lowest BCUT2D eigenvalue weighted by Gasteiger charge is -2.44. The number of rotatable bonds is 1. The Balaban J connectivity index is 1.17. The number of fused-ring (bicyclic) bond motifs is 13. The average molecular weight is 766 g/mol. The number of aromatic nitrogens is 3. The summed E-state index contributed by atoms with van der Waals surface area (Å²) in [4.78, 5) is 11.2. The van der Waals surface area contributed by atoms with Gasteiger partial charge in [-0.3, -0.25) is 4.57 Å². The molecule has 294 valence electrons. The summed E-state index contributed by atoms with van der Waals surface area (Å²) in [7, 11) is 0. The molecule has 0 bridgehead atoms. The predicted molar refractivity (Wildman–Crippen MR) is 238 cm³/mol. The molecule has 0 spiro atoms. The van der Waals surface area contributed by atoms with Gasteiger partial charge in [0.1, 0.15) is 11.5 Å². The van der Waals surface area contributed by atoms with Crippen LogP contribution in [-0.4, -0.2) is 21.2 Å². The van der Waals surface area contributed by atoms with E-state index in [2.05, 4.69) is 108 Å². The van der Waals surface area contributed by atoms with Crippen molar-refractivity contribution in [2.24, 2.45) is 0 Å². The quantitative estimate of drug-likeness (QED) is 0.156. The molecule has 2 aromatic heterocycles. The zero-order chi connectivity index (χ0) is 39.7. The molecular weight excluding hydrogens is 709 g/mol. The van der Waals surface area contributed by atoms with Crippen molar-refractivity contribution in [2.75, 3.05) is 0 Å². The maximum atomic E-state index is 7.20. The first-order chi connectivity index (χ1) is 27.7. The van der Waals surface area contributed by atoms with Crippen molar-refractivity contribution in [1.29, 1.82) is 0 Å². The highest BCUT2D eigenvalue weighted by Gasteiger charge is 2.48. The molecular formula is C52H56BN3O2. The Labute approximate surface area is 344 Å². The Morgan fingerprint density at radius 1 is 0.517 bits per heavy atom. The number of ether oxygens (including phenoxy) is 2. The lowest BCUT2D eigenvalue weighted by molar-refractivity contribution is 0.329. The van der Waals surface area contributed by atoms with Gasteiger partial charge in [-0.25, -0.2) is 0 Å². The fourth-order valence-corrected chi connectivity index (χ4v) is 12.3. The van der Waals surface area contributed by atoms with Gasteiger partial charge in [0.25, 0.3) is 6.71 Å². The van der Waals surface area contributed by atoms with Crippen LogP contribution in [0.4, 0.5) is 0 Å². The Hall–Kier alpha value is -4.58. The number of benzene rings is 4. The molecule has 58 heavy (non-hydrogen) atoms. The van der Waals surface area contributed by atoms with Gasteiger partial charge >= 0.3 is 0 Å². The maximum absolute atomic E-state index is 7.20. The van der Waals surface area contributed by atoms with Crippen LogP contribution in [0.1, 0.15) is 151 Å². The minimum absolute atomic E-state index is 0.0505. The van der Waals surface area contributed by atoms with Crippen LogP contribution in [0.2, 0.25) is 0 Å². The van der Waals surface area contributed by atoms with Crippen LogP contribution in [0.25, 0.3) is 27.8 Å². The van der Waals surface area contributed by atoms with Crippen molar-refractivity contribution in [3.05, 3.63) is 93.0 Å². The van der Waals surface area contributed by atoms with Crippen LogP contribution < -0.4 is 25.9 Å². The molecule has 4 heterocycles.